The van der Waals surface area contributed by atoms with Crippen LogP contribution in [0, 0.1) is 34.5 Å². The van der Waals surface area contributed by atoms with Gasteiger partial charge in [0.05, 0.1) is 12.0 Å². The minimum Gasteiger partial charge on any atom is -0.481 e. The highest BCUT2D eigenvalue weighted by Gasteiger charge is 2.62. The van der Waals surface area contributed by atoms with Gasteiger partial charge in [0.25, 0.3) is 0 Å². The van der Waals surface area contributed by atoms with Crippen LogP contribution in [0.4, 0.5) is 0 Å². The third kappa shape index (κ3) is 1.95. The van der Waals surface area contributed by atoms with Crippen LogP contribution in [0.5, 0.6) is 0 Å². The number of carbonyl (C=O) groups is 2. The minimum absolute atomic E-state index is 0.0443. The number of aliphatic hydroxyl groups is 1. The predicted molar refractivity (Wildman–Crippen MR) is 89.1 cm³/mol. The molecule has 0 amide bonds. The molecule has 4 aliphatic rings. The van der Waals surface area contributed by atoms with Crippen molar-refractivity contribution < 1.29 is 19.8 Å². The maximum Gasteiger partial charge on any atom is 0.307 e. The van der Waals surface area contributed by atoms with E-state index in [1.54, 1.807) is 12.2 Å². The number of allylic oxidation sites excluding steroid dienone is 4. The van der Waals surface area contributed by atoms with Gasteiger partial charge in [-0.15, -0.1) is 0 Å². The second-order valence-electron chi connectivity index (χ2n) is 8.77. The third-order valence-corrected chi connectivity index (χ3v) is 7.79. The first-order chi connectivity index (χ1) is 11.3. The lowest BCUT2D eigenvalue weighted by Gasteiger charge is -2.58. The number of hydrogen-bond acceptors (Lipinski definition) is 3. The number of aliphatic hydroxyl groups excluding tert-OH is 1. The van der Waals surface area contributed by atoms with Gasteiger partial charge in [-0.2, -0.15) is 0 Å². The highest BCUT2D eigenvalue weighted by atomic mass is 16.4. The summed E-state index contributed by atoms with van der Waals surface area (Å²) in [6.45, 7) is 4.23. The van der Waals surface area contributed by atoms with Gasteiger partial charge in [0, 0.05) is 11.3 Å². The first-order valence-corrected chi connectivity index (χ1v) is 9.12. The lowest BCUT2D eigenvalue weighted by Crippen LogP contribution is -2.56. The van der Waals surface area contributed by atoms with Crippen molar-refractivity contribution in [3.05, 3.63) is 23.8 Å². The Kier molecular flexibility index (Phi) is 3.38. The van der Waals surface area contributed by atoms with Gasteiger partial charge in [0.2, 0.25) is 0 Å². The van der Waals surface area contributed by atoms with Crippen LogP contribution in [0.2, 0.25) is 0 Å². The van der Waals surface area contributed by atoms with Crippen molar-refractivity contribution in [3.8, 4) is 0 Å². The molecule has 6 unspecified atom stereocenters. The smallest absolute Gasteiger partial charge is 0.307 e. The van der Waals surface area contributed by atoms with Gasteiger partial charge in [0.15, 0.2) is 5.78 Å². The van der Waals surface area contributed by atoms with E-state index >= 15 is 0 Å². The fourth-order valence-corrected chi connectivity index (χ4v) is 6.73. The first kappa shape index (κ1) is 16.1. The lowest BCUT2D eigenvalue weighted by molar-refractivity contribution is -0.155. The highest BCUT2D eigenvalue weighted by Crippen LogP contribution is 2.65. The summed E-state index contributed by atoms with van der Waals surface area (Å²) in [5, 5.41) is 20.7. The molecule has 0 saturated heterocycles. The van der Waals surface area contributed by atoms with Crippen molar-refractivity contribution in [2.24, 2.45) is 34.5 Å². The summed E-state index contributed by atoms with van der Waals surface area (Å²) in [4.78, 5) is 23.5. The van der Waals surface area contributed by atoms with Crippen LogP contribution >= 0.6 is 0 Å². The molecule has 0 heterocycles. The molecule has 2 N–H and O–H groups in total. The Bertz CT molecular complexity index is 663. The molecule has 4 heteroatoms. The second-order valence-corrected chi connectivity index (χ2v) is 8.77. The van der Waals surface area contributed by atoms with Crippen molar-refractivity contribution in [1.82, 2.24) is 0 Å². The maximum absolute atomic E-state index is 11.8. The minimum atomic E-state index is -0.712. The standard InChI is InChI=1S/C20H26O4/c1-19-8-7-12(21)9-11(19)3-4-13-14-5-6-15(18(23)24)20(14,2)10-16(22)17(13)19/h7-9,13-17,22H,3-6,10H2,1-2H3,(H,23,24)/t13-,14?,15?,16?,17?,19?,20?/m1/s1. The van der Waals surface area contributed by atoms with Gasteiger partial charge in [-0.25, -0.2) is 0 Å². The Morgan fingerprint density at radius 3 is 2.71 bits per heavy atom. The molecule has 130 valence electrons. The van der Waals surface area contributed by atoms with E-state index in [-0.39, 0.29) is 28.4 Å². The Morgan fingerprint density at radius 1 is 1.25 bits per heavy atom. The number of ketones is 1. The zero-order chi connectivity index (χ0) is 17.3. The van der Waals surface area contributed by atoms with Gasteiger partial charge < -0.3 is 10.2 Å². The predicted octanol–water partition coefficient (Wildman–Crippen LogP) is 2.97. The van der Waals surface area contributed by atoms with E-state index in [1.807, 2.05) is 6.08 Å². The average molecular weight is 330 g/mol. The SMILES string of the molecule is CC12C=CC(=O)C=C1CC[C@H]1C2C(O)CC2(C)C(C(=O)O)CCC12. The van der Waals surface area contributed by atoms with E-state index in [2.05, 4.69) is 13.8 Å². The zero-order valence-corrected chi connectivity index (χ0v) is 14.4. The fourth-order valence-electron chi connectivity index (χ4n) is 6.73. The van der Waals surface area contributed by atoms with Gasteiger partial charge in [-0.1, -0.05) is 25.5 Å². The number of carboxylic acid groups (broad SMARTS) is 1. The molecule has 0 aromatic rings. The van der Waals surface area contributed by atoms with E-state index in [1.165, 1.54) is 0 Å². The van der Waals surface area contributed by atoms with Gasteiger partial charge in [0.1, 0.15) is 0 Å². The van der Waals surface area contributed by atoms with Crippen LogP contribution in [0.1, 0.15) is 46.0 Å². The van der Waals surface area contributed by atoms with Crippen LogP contribution in [-0.2, 0) is 9.59 Å². The molecule has 0 aromatic heterocycles. The number of carboxylic acids is 1. The first-order valence-electron chi connectivity index (χ1n) is 9.12. The van der Waals surface area contributed by atoms with E-state index in [0.717, 1.165) is 31.3 Å². The summed E-state index contributed by atoms with van der Waals surface area (Å²) in [6, 6.07) is 0. The quantitative estimate of drug-likeness (QED) is 0.775. The number of fused-ring (bicyclic) bond motifs is 5. The number of carbonyl (C=O) groups excluding carboxylic acids is 1. The Balaban J connectivity index is 1.74. The van der Waals surface area contributed by atoms with Crippen LogP contribution in [-0.4, -0.2) is 28.1 Å². The van der Waals surface area contributed by atoms with Crippen LogP contribution < -0.4 is 0 Å². The molecule has 24 heavy (non-hydrogen) atoms. The average Bonchev–Trinajstić information content (AvgIpc) is 2.84. The monoisotopic (exact) mass is 330 g/mol. The zero-order valence-electron chi connectivity index (χ0n) is 14.4. The third-order valence-electron chi connectivity index (χ3n) is 7.79. The van der Waals surface area contributed by atoms with Gasteiger partial charge in [-0.3, -0.25) is 9.59 Å². The number of aliphatic carboxylic acids is 1. The topological polar surface area (TPSA) is 74.6 Å². The van der Waals surface area contributed by atoms with Gasteiger partial charge in [-0.05, 0) is 61.5 Å². The molecular formula is C20H26O4. The Morgan fingerprint density at radius 2 is 2.00 bits per heavy atom. The van der Waals surface area contributed by atoms with Crippen molar-refractivity contribution in [3.63, 3.8) is 0 Å². The van der Waals surface area contributed by atoms with E-state index < -0.39 is 12.1 Å². The molecule has 3 saturated carbocycles. The van der Waals surface area contributed by atoms with Crippen molar-refractivity contribution >= 4 is 11.8 Å². The highest BCUT2D eigenvalue weighted by molar-refractivity contribution is 6.01. The summed E-state index contributed by atoms with van der Waals surface area (Å²) in [5.41, 5.74) is 0.573. The summed E-state index contributed by atoms with van der Waals surface area (Å²) < 4.78 is 0. The Labute approximate surface area is 142 Å². The summed E-state index contributed by atoms with van der Waals surface area (Å²) in [5.74, 6) is -0.224. The largest absolute Gasteiger partial charge is 0.481 e. The molecule has 4 aliphatic carbocycles. The summed E-state index contributed by atoms with van der Waals surface area (Å²) in [7, 11) is 0. The van der Waals surface area contributed by atoms with Gasteiger partial charge >= 0.3 is 5.97 Å². The molecule has 3 fully saturated rings. The van der Waals surface area contributed by atoms with E-state index in [9.17, 15) is 19.8 Å². The summed E-state index contributed by atoms with van der Waals surface area (Å²) >= 11 is 0. The van der Waals surface area contributed by atoms with Crippen molar-refractivity contribution in [2.45, 2.75) is 52.1 Å². The molecule has 4 nitrogen and oxygen atoms in total. The van der Waals surface area contributed by atoms with Crippen LogP contribution in [0.25, 0.3) is 0 Å². The normalized spacial score (nSPS) is 49.9. The van der Waals surface area contributed by atoms with E-state index in [0.29, 0.717) is 18.3 Å². The van der Waals surface area contributed by atoms with E-state index in [4.69, 9.17) is 0 Å². The molecule has 0 aromatic carbocycles. The van der Waals surface area contributed by atoms with Crippen molar-refractivity contribution in [2.75, 3.05) is 0 Å². The molecular weight excluding hydrogens is 304 g/mol. The van der Waals surface area contributed by atoms with Crippen LogP contribution in [0.15, 0.2) is 23.8 Å². The molecule has 0 aliphatic heterocycles. The molecule has 0 spiro atoms. The molecule has 0 radical (unpaired) electrons. The second kappa shape index (κ2) is 5.04. The molecule has 4 rings (SSSR count). The number of hydrogen-bond donors (Lipinski definition) is 2. The lowest BCUT2D eigenvalue weighted by atomic mass is 9.47. The fraction of sp³-hybridized carbons (Fsp3) is 0.700. The van der Waals surface area contributed by atoms with Crippen molar-refractivity contribution in [1.29, 1.82) is 0 Å². The molecule has 0 bridgehead atoms. The maximum atomic E-state index is 11.8. The van der Waals surface area contributed by atoms with Crippen LogP contribution in [0.3, 0.4) is 0 Å². The summed E-state index contributed by atoms with van der Waals surface area (Å²) in [6.07, 6.45) is 8.94. The molecule has 7 atom stereocenters. The Hall–Kier alpha value is -1.42. The number of rotatable bonds is 1.